The van der Waals surface area contributed by atoms with Crippen LogP contribution in [0, 0.1) is 0 Å². The summed E-state index contributed by atoms with van der Waals surface area (Å²) in [7, 11) is 0. The van der Waals surface area contributed by atoms with Gasteiger partial charge in [-0.15, -0.1) is 11.8 Å². The summed E-state index contributed by atoms with van der Waals surface area (Å²) in [5.74, 6) is 0.913. The maximum atomic E-state index is 13.2. The molecule has 0 bridgehead atoms. The summed E-state index contributed by atoms with van der Waals surface area (Å²) in [5, 5.41) is 3.67. The molecule has 0 heterocycles. The Morgan fingerprint density at radius 3 is 2.23 bits per heavy atom. The third-order valence-corrected chi connectivity index (χ3v) is 5.73. The monoisotopic (exact) mass is 446 g/mol. The first-order chi connectivity index (χ1) is 14.2. The molecule has 1 atom stereocenters. The Labute approximate surface area is 189 Å². The molecular formula is C24H31ClN2O2S. The Morgan fingerprint density at radius 1 is 1.03 bits per heavy atom. The zero-order valence-electron chi connectivity index (χ0n) is 18.2. The Bertz CT molecular complexity index is 819. The van der Waals surface area contributed by atoms with Gasteiger partial charge in [0.05, 0.1) is 5.75 Å². The van der Waals surface area contributed by atoms with E-state index in [0.717, 1.165) is 11.3 Å². The van der Waals surface area contributed by atoms with Gasteiger partial charge < -0.3 is 10.2 Å². The number of rotatable bonds is 9. The number of nitrogens with zero attached hydrogens (tertiary/aromatic N) is 1. The van der Waals surface area contributed by atoms with Crippen LogP contribution in [0.4, 0.5) is 0 Å². The Morgan fingerprint density at radius 2 is 1.67 bits per heavy atom. The van der Waals surface area contributed by atoms with Crippen molar-refractivity contribution in [2.75, 3.05) is 5.75 Å². The summed E-state index contributed by atoms with van der Waals surface area (Å²) in [6, 6.07) is 16.9. The summed E-state index contributed by atoms with van der Waals surface area (Å²) in [6.45, 7) is 8.14. The second-order valence-electron chi connectivity index (χ2n) is 8.29. The van der Waals surface area contributed by atoms with Crippen LogP contribution in [0.15, 0.2) is 54.6 Å². The number of carbonyl (C=O) groups excluding carboxylic acids is 2. The molecule has 162 valence electrons. The third kappa shape index (κ3) is 8.04. The maximum absolute atomic E-state index is 13.2. The summed E-state index contributed by atoms with van der Waals surface area (Å²) in [4.78, 5) is 27.8. The molecule has 1 N–H and O–H groups in total. The molecule has 0 unspecified atom stereocenters. The van der Waals surface area contributed by atoms with Crippen LogP contribution in [0.5, 0.6) is 0 Å². The molecule has 0 aliphatic carbocycles. The van der Waals surface area contributed by atoms with Crippen LogP contribution in [0.3, 0.4) is 0 Å². The first-order valence-corrected chi connectivity index (χ1v) is 11.7. The van der Waals surface area contributed by atoms with Gasteiger partial charge in [0.1, 0.15) is 6.04 Å². The number of nitrogens with one attached hydrogen (secondary N) is 1. The van der Waals surface area contributed by atoms with E-state index in [9.17, 15) is 9.59 Å². The first-order valence-electron chi connectivity index (χ1n) is 10.2. The van der Waals surface area contributed by atoms with Gasteiger partial charge >= 0.3 is 0 Å². The number of amides is 2. The van der Waals surface area contributed by atoms with Crippen LogP contribution < -0.4 is 5.32 Å². The lowest BCUT2D eigenvalue weighted by molar-refractivity contribution is -0.140. The Hall–Kier alpha value is -1.98. The normalized spacial score (nSPS) is 12.3. The van der Waals surface area contributed by atoms with Crippen LogP contribution in [0.1, 0.15) is 45.2 Å². The first kappa shape index (κ1) is 24.3. The highest BCUT2D eigenvalue weighted by atomic mass is 35.5. The van der Waals surface area contributed by atoms with Crippen molar-refractivity contribution in [3.63, 3.8) is 0 Å². The minimum absolute atomic E-state index is 0.0400. The zero-order valence-corrected chi connectivity index (χ0v) is 19.7. The molecule has 0 spiro atoms. The van der Waals surface area contributed by atoms with E-state index < -0.39 is 6.04 Å². The Balaban J connectivity index is 2.14. The minimum Gasteiger partial charge on any atom is -0.350 e. The molecule has 2 rings (SSSR count). The van der Waals surface area contributed by atoms with Crippen LogP contribution in [0.25, 0.3) is 0 Å². The molecule has 0 fully saturated rings. The number of benzene rings is 2. The molecule has 2 aromatic rings. The standard InChI is InChI=1S/C24H31ClN2O2S/c1-5-21(23(29)26-24(2,3)4)27(15-18-11-13-20(25)14-12-18)22(28)17-30-16-19-9-7-6-8-10-19/h6-14,21H,5,15-17H2,1-4H3,(H,26,29)/t21-/m0/s1. The average Bonchev–Trinajstić information content (AvgIpc) is 2.68. The molecule has 0 aliphatic rings. The van der Waals surface area contributed by atoms with Crippen molar-refractivity contribution >= 4 is 35.2 Å². The van der Waals surface area contributed by atoms with Gasteiger partial charge in [0.25, 0.3) is 0 Å². The van der Waals surface area contributed by atoms with E-state index in [2.05, 4.69) is 17.4 Å². The van der Waals surface area contributed by atoms with E-state index in [0.29, 0.717) is 23.7 Å². The summed E-state index contributed by atoms with van der Waals surface area (Å²) in [6.07, 6.45) is 0.546. The second kappa shape index (κ2) is 11.4. The third-order valence-electron chi connectivity index (χ3n) is 4.49. The number of hydrogen-bond acceptors (Lipinski definition) is 3. The highest BCUT2D eigenvalue weighted by Gasteiger charge is 2.30. The molecule has 0 saturated heterocycles. The smallest absolute Gasteiger partial charge is 0.243 e. The quantitative estimate of drug-likeness (QED) is 0.568. The fourth-order valence-corrected chi connectivity index (χ4v) is 4.07. The van der Waals surface area contributed by atoms with E-state index in [1.54, 1.807) is 28.8 Å². The van der Waals surface area contributed by atoms with Crippen molar-refractivity contribution in [1.29, 1.82) is 0 Å². The van der Waals surface area contributed by atoms with Gasteiger partial charge in [-0.2, -0.15) is 0 Å². The fourth-order valence-electron chi connectivity index (χ4n) is 3.07. The van der Waals surface area contributed by atoms with Crippen molar-refractivity contribution in [2.45, 2.75) is 58.0 Å². The molecular weight excluding hydrogens is 416 g/mol. The van der Waals surface area contributed by atoms with Crippen molar-refractivity contribution in [2.24, 2.45) is 0 Å². The van der Waals surface area contributed by atoms with Gasteiger partial charge in [-0.3, -0.25) is 9.59 Å². The van der Waals surface area contributed by atoms with Crippen LogP contribution >= 0.6 is 23.4 Å². The van der Waals surface area contributed by atoms with E-state index in [1.807, 2.05) is 58.0 Å². The summed E-state index contributed by atoms with van der Waals surface area (Å²) < 4.78 is 0. The van der Waals surface area contributed by atoms with Crippen LogP contribution in [-0.4, -0.2) is 34.0 Å². The number of hydrogen-bond donors (Lipinski definition) is 1. The minimum atomic E-state index is -0.523. The maximum Gasteiger partial charge on any atom is 0.243 e. The molecule has 0 radical (unpaired) electrons. The lowest BCUT2D eigenvalue weighted by Gasteiger charge is -2.33. The van der Waals surface area contributed by atoms with Gasteiger partial charge in [-0.1, -0.05) is 61.0 Å². The molecule has 2 amide bonds. The fraction of sp³-hybridized carbons (Fsp3) is 0.417. The van der Waals surface area contributed by atoms with Crippen molar-refractivity contribution in [1.82, 2.24) is 10.2 Å². The lowest BCUT2D eigenvalue weighted by atomic mass is 10.1. The summed E-state index contributed by atoms with van der Waals surface area (Å²) in [5.41, 5.74) is 1.77. The molecule has 30 heavy (non-hydrogen) atoms. The highest BCUT2D eigenvalue weighted by molar-refractivity contribution is 7.99. The second-order valence-corrected chi connectivity index (χ2v) is 9.71. The van der Waals surface area contributed by atoms with E-state index in [4.69, 9.17) is 11.6 Å². The van der Waals surface area contributed by atoms with Gasteiger partial charge in [0, 0.05) is 22.9 Å². The lowest BCUT2D eigenvalue weighted by Crippen LogP contribution is -2.53. The number of halogens is 1. The van der Waals surface area contributed by atoms with Crippen LogP contribution in [0.2, 0.25) is 5.02 Å². The molecule has 0 aromatic heterocycles. The highest BCUT2D eigenvalue weighted by Crippen LogP contribution is 2.19. The molecule has 0 aliphatic heterocycles. The van der Waals surface area contributed by atoms with E-state index >= 15 is 0 Å². The number of thioether (sulfide) groups is 1. The predicted molar refractivity (Wildman–Crippen MR) is 127 cm³/mol. The van der Waals surface area contributed by atoms with Gasteiger partial charge in [0.2, 0.25) is 11.8 Å². The molecule has 0 saturated carbocycles. The van der Waals surface area contributed by atoms with Gasteiger partial charge in [0.15, 0.2) is 0 Å². The summed E-state index contributed by atoms with van der Waals surface area (Å²) >= 11 is 7.57. The predicted octanol–water partition coefficient (Wildman–Crippen LogP) is 5.30. The van der Waals surface area contributed by atoms with Crippen molar-refractivity contribution in [3.8, 4) is 0 Å². The average molecular weight is 447 g/mol. The SMILES string of the molecule is CC[C@@H](C(=O)NC(C)(C)C)N(Cc1ccc(Cl)cc1)C(=O)CSCc1ccccc1. The van der Waals surface area contributed by atoms with E-state index in [1.165, 1.54) is 5.56 Å². The van der Waals surface area contributed by atoms with Crippen molar-refractivity contribution in [3.05, 3.63) is 70.7 Å². The molecule has 2 aromatic carbocycles. The van der Waals surface area contributed by atoms with Crippen molar-refractivity contribution < 1.29 is 9.59 Å². The topological polar surface area (TPSA) is 49.4 Å². The number of carbonyl (C=O) groups is 2. The molecule has 6 heteroatoms. The zero-order chi connectivity index (χ0) is 22.1. The van der Waals surface area contributed by atoms with Gasteiger partial charge in [-0.05, 0) is 50.5 Å². The largest absolute Gasteiger partial charge is 0.350 e. The van der Waals surface area contributed by atoms with Crippen LogP contribution in [-0.2, 0) is 21.9 Å². The van der Waals surface area contributed by atoms with E-state index in [-0.39, 0.29) is 17.4 Å². The van der Waals surface area contributed by atoms with Gasteiger partial charge in [-0.25, -0.2) is 0 Å². The molecule has 4 nitrogen and oxygen atoms in total. The Kier molecular flexibility index (Phi) is 9.25.